The minimum atomic E-state index is -0.456. The molecule has 2 nitrogen and oxygen atoms in total. The first-order valence-electron chi connectivity index (χ1n) is 6.21. The normalized spacial score (nSPS) is 10.3. The second-order valence-electron chi connectivity index (χ2n) is 4.40. The van der Waals surface area contributed by atoms with Crippen LogP contribution in [0.1, 0.15) is 22.3 Å². The van der Waals surface area contributed by atoms with Gasteiger partial charge in [-0.25, -0.2) is 4.39 Å². The van der Waals surface area contributed by atoms with E-state index in [2.05, 4.69) is 0 Å². The van der Waals surface area contributed by atoms with Gasteiger partial charge in [0.25, 0.3) is 0 Å². The summed E-state index contributed by atoms with van der Waals surface area (Å²) >= 11 is 5.91. The predicted octanol–water partition coefficient (Wildman–Crippen LogP) is 4.30. The smallest absolute Gasteiger partial charge is 0.164 e. The fourth-order valence-electron chi connectivity index (χ4n) is 1.90. The van der Waals surface area contributed by atoms with Crippen LogP contribution in [0.4, 0.5) is 4.39 Å². The molecule has 0 aliphatic carbocycles. The Kier molecular flexibility index (Phi) is 4.74. The van der Waals surface area contributed by atoms with Crippen LogP contribution in [0.2, 0.25) is 5.02 Å². The third-order valence-electron chi connectivity index (χ3n) is 3.03. The maximum absolute atomic E-state index is 13.1. The number of aryl methyl sites for hydroxylation is 1. The Morgan fingerprint density at radius 2 is 1.90 bits per heavy atom. The van der Waals surface area contributed by atoms with Crippen molar-refractivity contribution in [1.82, 2.24) is 0 Å². The number of carbonyl (C=O) groups excluding carboxylic acids is 1. The summed E-state index contributed by atoms with van der Waals surface area (Å²) in [6.07, 6.45) is 0.866. The number of ether oxygens (including phenoxy) is 1. The van der Waals surface area contributed by atoms with Crippen molar-refractivity contribution in [2.24, 2.45) is 0 Å². The van der Waals surface area contributed by atoms with Crippen LogP contribution in [0.3, 0.4) is 0 Å². The molecular weight excluding hydrogens is 279 g/mol. The first-order chi connectivity index (χ1) is 9.60. The molecule has 4 heteroatoms. The number of methoxy groups -OCH3 is 1. The molecule has 20 heavy (non-hydrogen) atoms. The fourth-order valence-corrected chi connectivity index (χ4v) is 2.12. The predicted molar refractivity (Wildman–Crippen MR) is 77.1 cm³/mol. The van der Waals surface area contributed by atoms with Crippen molar-refractivity contribution < 1.29 is 13.9 Å². The zero-order valence-electron chi connectivity index (χ0n) is 11.0. The molecule has 0 aliphatic rings. The van der Waals surface area contributed by atoms with Crippen LogP contribution >= 0.6 is 11.6 Å². The zero-order chi connectivity index (χ0) is 14.5. The van der Waals surface area contributed by atoms with Crippen molar-refractivity contribution in [3.63, 3.8) is 0 Å². The number of carbonyl (C=O) groups is 1. The van der Waals surface area contributed by atoms with Gasteiger partial charge in [0.05, 0.1) is 12.1 Å². The van der Waals surface area contributed by atoms with Crippen molar-refractivity contribution >= 4 is 17.4 Å². The minimum Gasteiger partial charge on any atom is -0.497 e. The highest BCUT2D eigenvalue weighted by Crippen LogP contribution is 2.20. The Hall–Kier alpha value is -1.87. The molecule has 2 aromatic carbocycles. The first kappa shape index (κ1) is 14.5. The Balaban J connectivity index is 2.02. The Labute approximate surface area is 122 Å². The van der Waals surface area contributed by atoms with Gasteiger partial charge in [-0.2, -0.15) is 0 Å². The maximum atomic E-state index is 13.1. The van der Waals surface area contributed by atoms with Gasteiger partial charge < -0.3 is 4.74 Å². The highest BCUT2D eigenvalue weighted by atomic mass is 35.5. The van der Waals surface area contributed by atoms with Crippen molar-refractivity contribution in [2.75, 3.05) is 7.11 Å². The van der Waals surface area contributed by atoms with E-state index >= 15 is 0 Å². The average Bonchev–Trinajstić information content (AvgIpc) is 2.47. The first-order valence-corrected chi connectivity index (χ1v) is 6.59. The van der Waals surface area contributed by atoms with Gasteiger partial charge in [0.15, 0.2) is 5.78 Å². The van der Waals surface area contributed by atoms with Crippen LogP contribution < -0.4 is 4.74 Å². The lowest BCUT2D eigenvalue weighted by atomic mass is 10.0. The number of rotatable bonds is 5. The SMILES string of the molecule is COc1ccc(CCC(=O)c2cc(F)ccc2Cl)cc1. The van der Waals surface area contributed by atoms with Crippen LogP contribution in [-0.4, -0.2) is 12.9 Å². The van der Waals surface area contributed by atoms with E-state index in [1.165, 1.54) is 18.2 Å². The van der Waals surface area contributed by atoms with Gasteiger partial charge >= 0.3 is 0 Å². The number of benzene rings is 2. The highest BCUT2D eigenvalue weighted by molar-refractivity contribution is 6.33. The summed E-state index contributed by atoms with van der Waals surface area (Å²) in [4.78, 5) is 12.0. The highest BCUT2D eigenvalue weighted by Gasteiger charge is 2.11. The van der Waals surface area contributed by atoms with Gasteiger partial charge in [0, 0.05) is 12.0 Å². The largest absolute Gasteiger partial charge is 0.497 e. The van der Waals surface area contributed by atoms with Gasteiger partial charge in [-0.3, -0.25) is 4.79 Å². The summed E-state index contributed by atoms with van der Waals surface area (Å²) in [5.41, 5.74) is 1.26. The molecule has 0 spiro atoms. The number of halogens is 2. The van der Waals surface area contributed by atoms with Crippen LogP contribution in [0.25, 0.3) is 0 Å². The molecule has 2 rings (SSSR count). The van der Waals surface area contributed by atoms with Crippen LogP contribution in [0.15, 0.2) is 42.5 Å². The molecule has 0 aliphatic heterocycles. The van der Waals surface area contributed by atoms with Crippen LogP contribution in [-0.2, 0) is 6.42 Å². The minimum absolute atomic E-state index is 0.162. The molecule has 0 heterocycles. The maximum Gasteiger partial charge on any atom is 0.164 e. The fraction of sp³-hybridized carbons (Fsp3) is 0.188. The Morgan fingerprint density at radius 1 is 1.20 bits per heavy atom. The van der Waals surface area contributed by atoms with Crippen molar-refractivity contribution in [2.45, 2.75) is 12.8 Å². The number of hydrogen-bond donors (Lipinski definition) is 0. The van der Waals surface area contributed by atoms with E-state index < -0.39 is 5.82 Å². The molecule has 0 bridgehead atoms. The molecule has 0 saturated carbocycles. The summed E-state index contributed by atoms with van der Waals surface area (Å²) < 4.78 is 18.2. The molecule has 2 aromatic rings. The summed E-state index contributed by atoms with van der Waals surface area (Å²) in [5, 5.41) is 0.283. The van der Waals surface area contributed by atoms with E-state index in [-0.39, 0.29) is 22.8 Å². The van der Waals surface area contributed by atoms with Crippen molar-refractivity contribution in [1.29, 1.82) is 0 Å². The van der Waals surface area contributed by atoms with Gasteiger partial charge in [-0.05, 0) is 42.3 Å². The quantitative estimate of drug-likeness (QED) is 0.768. The van der Waals surface area contributed by atoms with Crippen LogP contribution in [0.5, 0.6) is 5.75 Å². The van der Waals surface area contributed by atoms with E-state index in [1.807, 2.05) is 24.3 Å². The Morgan fingerprint density at radius 3 is 2.55 bits per heavy atom. The van der Waals surface area contributed by atoms with Gasteiger partial charge in [0.2, 0.25) is 0 Å². The lowest BCUT2D eigenvalue weighted by Crippen LogP contribution is -2.02. The van der Waals surface area contributed by atoms with E-state index in [0.29, 0.717) is 6.42 Å². The second-order valence-corrected chi connectivity index (χ2v) is 4.80. The molecule has 104 valence electrons. The monoisotopic (exact) mass is 292 g/mol. The van der Waals surface area contributed by atoms with E-state index in [0.717, 1.165) is 11.3 Å². The summed E-state index contributed by atoms with van der Waals surface area (Å²) in [7, 11) is 1.60. The van der Waals surface area contributed by atoms with Gasteiger partial charge in [-0.1, -0.05) is 23.7 Å². The number of ketones is 1. The second kappa shape index (κ2) is 6.53. The topological polar surface area (TPSA) is 26.3 Å². The molecule has 0 saturated heterocycles. The third kappa shape index (κ3) is 3.58. The lowest BCUT2D eigenvalue weighted by Gasteiger charge is -2.05. The van der Waals surface area contributed by atoms with E-state index in [1.54, 1.807) is 7.11 Å². The molecule has 0 N–H and O–H groups in total. The molecule has 0 unspecified atom stereocenters. The standard InChI is InChI=1S/C16H14ClFO2/c1-20-13-6-2-11(3-7-13)4-9-16(19)14-10-12(18)5-8-15(14)17/h2-3,5-8,10H,4,9H2,1H3. The summed E-state index contributed by atoms with van der Waals surface area (Å²) in [6, 6.07) is 11.3. The average molecular weight is 293 g/mol. The van der Waals surface area contributed by atoms with E-state index in [9.17, 15) is 9.18 Å². The van der Waals surface area contributed by atoms with Gasteiger partial charge in [-0.15, -0.1) is 0 Å². The van der Waals surface area contributed by atoms with Crippen molar-refractivity contribution in [3.8, 4) is 5.75 Å². The molecular formula is C16H14ClFO2. The molecule has 0 fully saturated rings. The number of hydrogen-bond acceptors (Lipinski definition) is 2. The van der Waals surface area contributed by atoms with E-state index in [4.69, 9.17) is 16.3 Å². The summed E-state index contributed by atoms with van der Waals surface area (Å²) in [5.74, 6) is 0.153. The number of Topliss-reactive ketones (excluding diaryl/α,β-unsaturated/α-hetero) is 1. The van der Waals surface area contributed by atoms with Gasteiger partial charge in [0.1, 0.15) is 11.6 Å². The molecule has 0 amide bonds. The van der Waals surface area contributed by atoms with Crippen molar-refractivity contribution in [3.05, 3.63) is 64.4 Å². The molecule has 0 atom stereocenters. The van der Waals surface area contributed by atoms with Crippen LogP contribution in [0, 0.1) is 5.82 Å². The molecule has 0 aromatic heterocycles. The lowest BCUT2D eigenvalue weighted by molar-refractivity contribution is 0.0982. The Bertz CT molecular complexity index is 608. The zero-order valence-corrected chi connectivity index (χ0v) is 11.8. The molecule has 0 radical (unpaired) electrons. The third-order valence-corrected chi connectivity index (χ3v) is 3.36. The summed E-state index contributed by atoms with van der Waals surface area (Å²) in [6.45, 7) is 0.